The molecule has 0 bridgehead atoms. The lowest BCUT2D eigenvalue weighted by molar-refractivity contribution is -0.384. The number of anilines is 2. The van der Waals surface area contributed by atoms with E-state index < -0.39 is 10.8 Å². The second kappa shape index (κ2) is 7.75. The van der Waals surface area contributed by atoms with Crippen LogP contribution in [0.5, 0.6) is 0 Å². The van der Waals surface area contributed by atoms with Crippen LogP contribution in [-0.2, 0) is 11.2 Å². The van der Waals surface area contributed by atoms with Gasteiger partial charge in [-0.05, 0) is 42.7 Å². The molecular formula is C19H18ClN3O4. The van der Waals surface area contributed by atoms with Gasteiger partial charge in [0.2, 0.25) is 5.91 Å². The number of hydrogen-bond donors (Lipinski definition) is 1. The summed E-state index contributed by atoms with van der Waals surface area (Å²) in [5.41, 5.74) is 2.43. The third kappa shape index (κ3) is 3.93. The van der Waals surface area contributed by atoms with Gasteiger partial charge in [0.15, 0.2) is 0 Å². The first-order valence-corrected chi connectivity index (χ1v) is 8.97. The number of carbonyl (C=O) groups is 2. The van der Waals surface area contributed by atoms with Crippen molar-refractivity contribution in [1.82, 2.24) is 0 Å². The van der Waals surface area contributed by atoms with Crippen molar-refractivity contribution in [3.63, 3.8) is 0 Å². The molecule has 0 saturated heterocycles. The standard InChI is InChI=1S/C19H18ClN3O4/c1-2-18(24)22-9-3-4-12-10-13(5-8-17(12)22)21-19(25)15-7-6-14(23(26)27)11-16(15)20/h5-8,10-11H,2-4,9H2,1H3,(H,21,25). The van der Waals surface area contributed by atoms with Gasteiger partial charge < -0.3 is 10.2 Å². The Labute approximate surface area is 161 Å². The number of non-ortho nitro benzene ring substituents is 1. The molecule has 27 heavy (non-hydrogen) atoms. The van der Waals surface area contributed by atoms with Crippen molar-refractivity contribution in [3.8, 4) is 0 Å². The van der Waals surface area contributed by atoms with Crippen LogP contribution >= 0.6 is 11.6 Å². The van der Waals surface area contributed by atoms with Crippen LogP contribution in [0.1, 0.15) is 35.7 Å². The second-order valence-electron chi connectivity index (χ2n) is 6.22. The van der Waals surface area contributed by atoms with Crippen molar-refractivity contribution in [2.75, 3.05) is 16.8 Å². The van der Waals surface area contributed by atoms with Crippen LogP contribution in [0, 0.1) is 10.1 Å². The third-order valence-electron chi connectivity index (χ3n) is 4.47. The van der Waals surface area contributed by atoms with Crippen molar-refractivity contribution in [1.29, 1.82) is 0 Å². The summed E-state index contributed by atoms with van der Waals surface area (Å²) in [6.45, 7) is 2.53. The Hall–Kier alpha value is -2.93. The monoisotopic (exact) mass is 387 g/mol. The summed E-state index contributed by atoms with van der Waals surface area (Å²) in [5, 5.41) is 13.5. The maximum Gasteiger partial charge on any atom is 0.270 e. The fraction of sp³-hybridized carbons (Fsp3) is 0.263. The lowest BCUT2D eigenvalue weighted by Gasteiger charge is -2.29. The molecule has 0 atom stereocenters. The minimum Gasteiger partial charge on any atom is -0.322 e. The molecule has 0 aliphatic carbocycles. The molecule has 7 nitrogen and oxygen atoms in total. The highest BCUT2D eigenvalue weighted by Crippen LogP contribution is 2.31. The van der Waals surface area contributed by atoms with Gasteiger partial charge in [0.25, 0.3) is 11.6 Å². The second-order valence-corrected chi connectivity index (χ2v) is 6.63. The molecule has 1 aliphatic heterocycles. The maximum atomic E-state index is 12.5. The van der Waals surface area contributed by atoms with Crippen molar-refractivity contribution in [3.05, 3.63) is 62.7 Å². The summed E-state index contributed by atoms with van der Waals surface area (Å²) in [5.74, 6) is -0.377. The molecule has 1 aliphatic rings. The van der Waals surface area contributed by atoms with Gasteiger partial charge in [0.05, 0.1) is 15.5 Å². The SMILES string of the molecule is CCC(=O)N1CCCc2cc(NC(=O)c3ccc([N+](=O)[O-])cc3Cl)ccc21. The summed E-state index contributed by atoms with van der Waals surface area (Å²) in [7, 11) is 0. The van der Waals surface area contributed by atoms with E-state index in [-0.39, 0.29) is 22.2 Å². The van der Waals surface area contributed by atoms with Crippen LogP contribution < -0.4 is 10.2 Å². The van der Waals surface area contributed by atoms with Crippen molar-refractivity contribution in [2.24, 2.45) is 0 Å². The Balaban J connectivity index is 1.81. The number of nitrogens with one attached hydrogen (secondary N) is 1. The molecule has 0 fully saturated rings. The number of rotatable bonds is 4. The van der Waals surface area contributed by atoms with Crippen LogP contribution in [0.4, 0.5) is 17.1 Å². The van der Waals surface area contributed by atoms with Crippen molar-refractivity contribution >= 4 is 40.5 Å². The highest BCUT2D eigenvalue weighted by molar-refractivity contribution is 6.34. The largest absolute Gasteiger partial charge is 0.322 e. The molecule has 2 aromatic rings. The van der Waals surface area contributed by atoms with Gasteiger partial charge >= 0.3 is 0 Å². The maximum absolute atomic E-state index is 12.5. The first-order chi connectivity index (χ1) is 12.9. The number of nitro groups is 1. The smallest absolute Gasteiger partial charge is 0.270 e. The highest BCUT2D eigenvalue weighted by Gasteiger charge is 2.22. The number of nitro benzene ring substituents is 1. The molecule has 8 heteroatoms. The minimum atomic E-state index is -0.569. The number of benzene rings is 2. The van der Waals surface area contributed by atoms with E-state index >= 15 is 0 Å². The lowest BCUT2D eigenvalue weighted by atomic mass is 10.0. The summed E-state index contributed by atoms with van der Waals surface area (Å²) in [4.78, 5) is 36.5. The summed E-state index contributed by atoms with van der Waals surface area (Å²) in [6, 6.07) is 9.13. The molecule has 0 saturated carbocycles. The Bertz CT molecular complexity index is 929. The molecule has 2 aromatic carbocycles. The van der Waals surface area contributed by atoms with E-state index in [9.17, 15) is 19.7 Å². The number of halogens is 1. The average Bonchev–Trinajstić information content (AvgIpc) is 2.66. The quantitative estimate of drug-likeness (QED) is 0.628. The van der Waals surface area contributed by atoms with Crippen LogP contribution in [0.2, 0.25) is 5.02 Å². The topological polar surface area (TPSA) is 92.6 Å². The molecule has 2 amide bonds. The molecule has 0 unspecified atom stereocenters. The van der Waals surface area contributed by atoms with E-state index in [1.807, 2.05) is 19.1 Å². The summed E-state index contributed by atoms with van der Waals surface area (Å²) in [6.07, 6.45) is 2.13. The number of hydrogen-bond acceptors (Lipinski definition) is 4. The van der Waals surface area contributed by atoms with Gasteiger partial charge in [0.1, 0.15) is 0 Å². The summed E-state index contributed by atoms with van der Waals surface area (Å²) >= 11 is 6.01. The third-order valence-corrected chi connectivity index (χ3v) is 4.78. The predicted octanol–water partition coefficient (Wildman–Crippen LogP) is 4.19. The Morgan fingerprint density at radius 1 is 1.26 bits per heavy atom. The first-order valence-electron chi connectivity index (χ1n) is 8.59. The molecule has 1 heterocycles. The minimum absolute atomic E-state index is 0.0133. The molecular weight excluding hydrogens is 370 g/mol. The van der Waals surface area contributed by atoms with Gasteiger partial charge in [-0.15, -0.1) is 0 Å². The molecule has 1 N–H and O–H groups in total. The van der Waals surface area contributed by atoms with Crippen molar-refractivity contribution < 1.29 is 14.5 Å². The summed E-state index contributed by atoms with van der Waals surface area (Å²) < 4.78 is 0. The Morgan fingerprint density at radius 2 is 2.04 bits per heavy atom. The first kappa shape index (κ1) is 18.8. The molecule has 0 aromatic heterocycles. The van der Waals surface area contributed by atoms with Crippen LogP contribution in [0.25, 0.3) is 0 Å². The van der Waals surface area contributed by atoms with Gasteiger partial charge in [0, 0.05) is 36.5 Å². The number of amides is 2. The van der Waals surface area contributed by atoms with Crippen molar-refractivity contribution in [2.45, 2.75) is 26.2 Å². The zero-order valence-corrected chi connectivity index (χ0v) is 15.5. The lowest BCUT2D eigenvalue weighted by Crippen LogP contribution is -2.34. The van der Waals surface area contributed by atoms with Gasteiger partial charge in [-0.2, -0.15) is 0 Å². The fourth-order valence-electron chi connectivity index (χ4n) is 3.12. The van der Waals surface area contributed by atoms with E-state index in [1.165, 1.54) is 12.1 Å². The fourth-order valence-corrected chi connectivity index (χ4v) is 3.39. The van der Waals surface area contributed by atoms with E-state index in [0.29, 0.717) is 18.7 Å². The van der Waals surface area contributed by atoms with Gasteiger partial charge in [-0.1, -0.05) is 18.5 Å². The zero-order valence-electron chi connectivity index (χ0n) is 14.7. The van der Waals surface area contributed by atoms with Crippen LogP contribution in [0.3, 0.4) is 0 Å². The number of carbonyl (C=O) groups excluding carboxylic acids is 2. The highest BCUT2D eigenvalue weighted by atomic mass is 35.5. The van der Waals surface area contributed by atoms with E-state index in [0.717, 1.165) is 30.2 Å². The molecule has 0 spiro atoms. The zero-order chi connectivity index (χ0) is 19.6. The molecule has 0 radical (unpaired) electrons. The normalized spacial score (nSPS) is 13.0. The van der Waals surface area contributed by atoms with Gasteiger partial charge in [-0.25, -0.2) is 0 Å². The predicted molar refractivity (Wildman–Crippen MR) is 103 cm³/mol. The Kier molecular flexibility index (Phi) is 5.41. The van der Waals surface area contributed by atoms with E-state index in [4.69, 9.17) is 11.6 Å². The van der Waals surface area contributed by atoms with Crippen LogP contribution in [0.15, 0.2) is 36.4 Å². The van der Waals surface area contributed by atoms with Crippen LogP contribution in [-0.4, -0.2) is 23.3 Å². The molecule has 140 valence electrons. The number of fused-ring (bicyclic) bond motifs is 1. The van der Waals surface area contributed by atoms with E-state index in [2.05, 4.69) is 5.32 Å². The molecule has 3 rings (SSSR count). The van der Waals surface area contributed by atoms with E-state index in [1.54, 1.807) is 11.0 Å². The Morgan fingerprint density at radius 3 is 2.70 bits per heavy atom. The number of nitrogens with zero attached hydrogens (tertiary/aromatic N) is 2. The average molecular weight is 388 g/mol. The van der Waals surface area contributed by atoms with Gasteiger partial charge in [-0.3, -0.25) is 19.7 Å². The number of aryl methyl sites for hydroxylation is 1.